The molecule has 0 heterocycles. The molecule has 2 N–H and O–H groups in total. The van der Waals surface area contributed by atoms with Crippen LogP contribution in [0, 0.1) is 0 Å². The number of rotatable bonds is 5. The first-order valence-corrected chi connectivity index (χ1v) is 4.14. The molecule has 0 rings (SSSR count). The Bertz CT molecular complexity index is 123. The summed E-state index contributed by atoms with van der Waals surface area (Å²) in [6.45, 7) is 7.32. The molecule has 0 amide bonds. The van der Waals surface area contributed by atoms with Crippen LogP contribution in [0.4, 0.5) is 0 Å². The first kappa shape index (κ1) is 10.7. The largest absolute Gasteiger partial charge is 0.390 e. The third-order valence-electron chi connectivity index (χ3n) is 1.97. The van der Waals surface area contributed by atoms with Gasteiger partial charge in [-0.15, -0.1) is 6.58 Å². The predicted octanol–water partition coefficient (Wildman–Crippen LogP) is 1.47. The fourth-order valence-corrected chi connectivity index (χ4v) is 1.16. The molecule has 0 spiro atoms. The summed E-state index contributed by atoms with van der Waals surface area (Å²) >= 11 is 0. The van der Waals surface area contributed by atoms with Crippen LogP contribution in [0.25, 0.3) is 0 Å². The zero-order chi connectivity index (χ0) is 8.91. The highest BCUT2D eigenvalue weighted by molar-refractivity contribution is 5.00. The Morgan fingerprint density at radius 2 is 2.09 bits per heavy atom. The summed E-state index contributed by atoms with van der Waals surface area (Å²) in [5.74, 6) is 0. The van der Waals surface area contributed by atoms with Crippen molar-refractivity contribution in [1.82, 2.24) is 0 Å². The molecule has 0 fully saturated rings. The molecule has 0 aromatic heterocycles. The summed E-state index contributed by atoms with van der Waals surface area (Å²) in [5, 5.41) is 19.1. The zero-order valence-electron chi connectivity index (χ0n) is 7.38. The molecule has 0 radical (unpaired) electrons. The summed E-state index contributed by atoms with van der Waals surface area (Å²) in [7, 11) is 0. The van der Waals surface area contributed by atoms with E-state index < -0.39 is 11.7 Å². The van der Waals surface area contributed by atoms with Crippen LogP contribution in [-0.2, 0) is 0 Å². The van der Waals surface area contributed by atoms with Crippen molar-refractivity contribution in [3.8, 4) is 0 Å². The van der Waals surface area contributed by atoms with Crippen LogP contribution in [0.5, 0.6) is 0 Å². The van der Waals surface area contributed by atoms with E-state index in [1.165, 1.54) is 6.08 Å². The lowest BCUT2D eigenvalue weighted by Crippen LogP contribution is -2.39. The molecular weight excluding hydrogens is 140 g/mol. The third kappa shape index (κ3) is 2.64. The summed E-state index contributed by atoms with van der Waals surface area (Å²) in [5.41, 5.74) is -1.08. The maximum Gasteiger partial charge on any atom is 0.108 e. The van der Waals surface area contributed by atoms with Crippen molar-refractivity contribution in [2.75, 3.05) is 0 Å². The lowest BCUT2D eigenvalue weighted by molar-refractivity contribution is -0.0461. The van der Waals surface area contributed by atoms with Gasteiger partial charge >= 0.3 is 0 Å². The summed E-state index contributed by atoms with van der Waals surface area (Å²) in [4.78, 5) is 0. The van der Waals surface area contributed by atoms with E-state index in [0.717, 1.165) is 6.42 Å². The van der Waals surface area contributed by atoms with E-state index in [1.54, 1.807) is 0 Å². The SMILES string of the molecule is C=CC(O)(CCC)C(O)CC. The van der Waals surface area contributed by atoms with Gasteiger partial charge in [-0.1, -0.05) is 26.3 Å². The van der Waals surface area contributed by atoms with Gasteiger partial charge in [0, 0.05) is 0 Å². The van der Waals surface area contributed by atoms with Crippen molar-refractivity contribution >= 4 is 0 Å². The molecule has 0 bridgehead atoms. The normalized spacial score (nSPS) is 18.9. The summed E-state index contributed by atoms with van der Waals surface area (Å²) in [6.07, 6.45) is 2.73. The molecule has 0 aromatic rings. The molecule has 2 atom stereocenters. The molecule has 0 saturated heterocycles. The fourth-order valence-electron chi connectivity index (χ4n) is 1.16. The second-order valence-corrected chi connectivity index (χ2v) is 2.87. The maximum atomic E-state index is 9.72. The average molecular weight is 158 g/mol. The number of aliphatic hydroxyl groups excluding tert-OH is 1. The molecule has 0 saturated carbocycles. The molecule has 66 valence electrons. The first-order chi connectivity index (χ1) is 5.10. The van der Waals surface area contributed by atoms with Crippen molar-refractivity contribution < 1.29 is 10.2 Å². The van der Waals surface area contributed by atoms with Crippen LogP contribution in [0.2, 0.25) is 0 Å². The highest BCUT2D eigenvalue weighted by Gasteiger charge is 2.29. The van der Waals surface area contributed by atoms with E-state index in [0.29, 0.717) is 12.8 Å². The summed E-state index contributed by atoms with van der Waals surface area (Å²) < 4.78 is 0. The van der Waals surface area contributed by atoms with Crippen LogP contribution < -0.4 is 0 Å². The monoisotopic (exact) mass is 158 g/mol. The zero-order valence-corrected chi connectivity index (χ0v) is 7.38. The van der Waals surface area contributed by atoms with Gasteiger partial charge in [0.2, 0.25) is 0 Å². The van der Waals surface area contributed by atoms with E-state index in [2.05, 4.69) is 6.58 Å². The molecule has 2 heteroatoms. The van der Waals surface area contributed by atoms with Crippen LogP contribution >= 0.6 is 0 Å². The highest BCUT2D eigenvalue weighted by atomic mass is 16.3. The number of hydrogen-bond acceptors (Lipinski definition) is 2. The topological polar surface area (TPSA) is 40.5 Å². The van der Waals surface area contributed by atoms with Gasteiger partial charge in [-0.25, -0.2) is 0 Å². The van der Waals surface area contributed by atoms with Crippen molar-refractivity contribution in [1.29, 1.82) is 0 Å². The first-order valence-electron chi connectivity index (χ1n) is 4.14. The number of aliphatic hydroxyl groups is 2. The van der Waals surface area contributed by atoms with Crippen LogP contribution in [0.3, 0.4) is 0 Å². The van der Waals surface area contributed by atoms with E-state index in [4.69, 9.17) is 0 Å². The third-order valence-corrected chi connectivity index (χ3v) is 1.97. The Balaban J connectivity index is 4.18. The number of hydrogen-bond donors (Lipinski definition) is 2. The Labute approximate surface area is 68.6 Å². The predicted molar refractivity (Wildman–Crippen MR) is 46.4 cm³/mol. The Morgan fingerprint density at radius 1 is 1.55 bits per heavy atom. The molecule has 0 aliphatic rings. The van der Waals surface area contributed by atoms with Gasteiger partial charge in [0.05, 0.1) is 6.10 Å². The lowest BCUT2D eigenvalue weighted by atomic mass is 9.90. The minimum atomic E-state index is -1.08. The van der Waals surface area contributed by atoms with Crippen LogP contribution in [-0.4, -0.2) is 21.9 Å². The van der Waals surface area contributed by atoms with E-state index in [-0.39, 0.29) is 0 Å². The second kappa shape index (κ2) is 4.52. The smallest absolute Gasteiger partial charge is 0.108 e. The van der Waals surface area contributed by atoms with Crippen molar-refractivity contribution in [3.63, 3.8) is 0 Å². The Morgan fingerprint density at radius 3 is 2.36 bits per heavy atom. The quantitative estimate of drug-likeness (QED) is 0.595. The van der Waals surface area contributed by atoms with Gasteiger partial charge in [-0.2, -0.15) is 0 Å². The molecular formula is C9H18O2. The van der Waals surface area contributed by atoms with Crippen molar-refractivity contribution in [2.24, 2.45) is 0 Å². The molecule has 2 unspecified atom stereocenters. The standard InChI is InChI=1S/C9H18O2/c1-4-7-9(11,6-3)8(10)5-2/h6,8,10-11H,3-5,7H2,1-2H3. The fraction of sp³-hybridized carbons (Fsp3) is 0.778. The van der Waals surface area contributed by atoms with Crippen molar-refractivity contribution in [3.05, 3.63) is 12.7 Å². The van der Waals surface area contributed by atoms with E-state index >= 15 is 0 Å². The van der Waals surface area contributed by atoms with Gasteiger partial charge in [0.25, 0.3) is 0 Å². The van der Waals surface area contributed by atoms with Gasteiger partial charge in [0.1, 0.15) is 5.60 Å². The molecule has 11 heavy (non-hydrogen) atoms. The Kier molecular flexibility index (Phi) is 4.38. The van der Waals surface area contributed by atoms with Gasteiger partial charge < -0.3 is 10.2 Å². The van der Waals surface area contributed by atoms with Crippen LogP contribution in [0.1, 0.15) is 33.1 Å². The highest BCUT2D eigenvalue weighted by Crippen LogP contribution is 2.20. The van der Waals surface area contributed by atoms with Crippen LogP contribution in [0.15, 0.2) is 12.7 Å². The van der Waals surface area contributed by atoms with Gasteiger partial charge in [-0.3, -0.25) is 0 Å². The van der Waals surface area contributed by atoms with E-state index in [1.807, 2.05) is 13.8 Å². The van der Waals surface area contributed by atoms with Gasteiger partial charge in [-0.05, 0) is 12.8 Å². The minimum absolute atomic E-state index is 0.558. The maximum absolute atomic E-state index is 9.72. The Hall–Kier alpha value is -0.340. The lowest BCUT2D eigenvalue weighted by Gasteiger charge is -2.28. The summed E-state index contributed by atoms with van der Waals surface area (Å²) in [6, 6.07) is 0. The van der Waals surface area contributed by atoms with E-state index in [9.17, 15) is 10.2 Å². The van der Waals surface area contributed by atoms with Crippen molar-refractivity contribution in [2.45, 2.75) is 44.8 Å². The van der Waals surface area contributed by atoms with Gasteiger partial charge in [0.15, 0.2) is 0 Å². The average Bonchev–Trinajstić information content (AvgIpc) is 2.03. The minimum Gasteiger partial charge on any atom is -0.390 e. The second-order valence-electron chi connectivity index (χ2n) is 2.87. The molecule has 0 aliphatic carbocycles. The molecule has 0 aliphatic heterocycles. The molecule has 0 aromatic carbocycles. The molecule has 2 nitrogen and oxygen atoms in total.